The number of carboxylic acids is 1. The molecule has 0 amide bonds. The number of nitrogen functional groups attached to an aromatic ring is 1. The second kappa shape index (κ2) is 4.04. The minimum absolute atomic E-state index is 0.264. The summed E-state index contributed by atoms with van der Waals surface area (Å²) >= 11 is 0. The molecule has 1 saturated carbocycles. The van der Waals surface area contributed by atoms with E-state index in [0.29, 0.717) is 11.6 Å². The molecule has 1 aromatic carbocycles. The molecule has 86 valence electrons. The molecule has 0 spiro atoms. The SMILES string of the molecule is CC1CC1CNc1cc(C(=O)O)ccc1N. The largest absolute Gasteiger partial charge is 0.478 e. The van der Waals surface area contributed by atoms with Crippen LogP contribution in [0, 0.1) is 11.8 Å². The second-order valence-electron chi connectivity index (χ2n) is 4.46. The number of hydrogen-bond acceptors (Lipinski definition) is 3. The summed E-state index contributed by atoms with van der Waals surface area (Å²) in [5.41, 5.74) is 7.36. The zero-order valence-electron chi connectivity index (χ0n) is 9.23. The summed E-state index contributed by atoms with van der Waals surface area (Å²) in [5.74, 6) is 0.548. The van der Waals surface area contributed by atoms with Gasteiger partial charge in [-0.1, -0.05) is 6.92 Å². The zero-order chi connectivity index (χ0) is 11.7. The van der Waals surface area contributed by atoms with E-state index in [1.165, 1.54) is 12.5 Å². The van der Waals surface area contributed by atoms with Crippen molar-refractivity contribution in [2.24, 2.45) is 11.8 Å². The number of nitrogens with two attached hydrogens (primary N) is 1. The number of carboxylic acid groups (broad SMARTS) is 1. The van der Waals surface area contributed by atoms with Gasteiger partial charge in [0.05, 0.1) is 16.9 Å². The summed E-state index contributed by atoms with van der Waals surface area (Å²) in [5, 5.41) is 12.1. The molecule has 1 aliphatic rings. The summed E-state index contributed by atoms with van der Waals surface area (Å²) in [6.07, 6.45) is 1.24. The maximum Gasteiger partial charge on any atom is 0.335 e. The summed E-state index contributed by atoms with van der Waals surface area (Å²) in [4.78, 5) is 10.8. The molecule has 0 bridgehead atoms. The Labute approximate surface area is 94.5 Å². The van der Waals surface area contributed by atoms with Crippen LogP contribution in [0.3, 0.4) is 0 Å². The van der Waals surface area contributed by atoms with Gasteiger partial charge in [-0.05, 0) is 36.5 Å². The van der Waals surface area contributed by atoms with E-state index in [4.69, 9.17) is 10.8 Å². The van der Waals surface area contributed by atoms with Gasteiger partial charge in [0.25, 0.3) is 0 Å². The van der Waals surface area contributed by atoms with Crippen molar-refractivity contribution in [2.75, 3.05) is 17.6 Å². The van der Waals surface area contributed by atoms with Crippen molar-refractivity contribution in [1.29, 1.82) is 0 Å². The molecule has 4 heteroatoms. The van der Waals surface area contributed by atoms with E-state index in [0.717, 1.165) is 18.2 Å². The Hall–Kier alpha value is -1.71. The number of nitrogens with one attached hydrogen (secondary N) is 1. The van der Waals surface area contributed by atoms with Crippen molar-refractivity contribution in [3.63, 3.8) is 0 Å². The number of rotatable bonds is 4. The van der Waals surface area contributed by atoms with Crippen LogP contribution in [0.4, 0.5) is 11.4 Å². The fourth-order valence-electron chi connectivity index (χ4n) is 1.77. The smallest absolute Gasteiger partial charge is 0.335 e. The van der Waals surface area contributed by atoms with Gasteiger partial charge in [0.1, 0.15) is 0 Å². The normalized spacial score (nSPS) is 22.8. The predicted molar refractivity (Wildman–Crippen MR) is 63.6 cm³/mol. The Bertz CT molecular complexity index is 417. The first-order valence-electron chi connectivity index (χ1n) is 5.44. The summed E-state index contributed by atoms with van der Waals surface area (Å²) in [6.45, 7) is 3.08. The maximum absolute atomic E-state index is 10.8. The highest BCUT2D eigenvalue weighted by atomic mass is 16.4. The molecule has 0 heterocycles. The van der Waals surface area contributed by atoms with Gasteiger partial charge in [-0.3, -0.25) is 0 Å². The number of carbonyl (C=O) groups is 1. The molecule has 4 N–H and O–H groups in total. The molecule has 0 aromatic heterocycles. The van der Waals surface area contributed by atoms with Crippen LogP contribution >= 0.6 is 0 Å². The van der Waals surface area contributed by atoms with Crippen LogP contribution in [0.2, 0.25) is 0 Å². The first-order valence-corrected chi connectivity index (χ1v) is 5.44. The summed E-state index contributed by atoms with van der Waals surface area (Å²) < 4.78 is 0. The van der Waals surface area contributed by atoms with Gasteiger partial charge >= 0.3 is 5.97 Å². The Balaban J connectivity index is 2.06. The molecule has 4 nitrogen and oxygen atoms in total. The van der Waals surface area contributed by atoms with E-state index < -0.39 is 5.97 Å². The van der Waals surface area contributed by atoms with Crippen molar-refractivity contribution in [2.45, 2.75) is 13.3 Å². The average molecular weight is 220 g/mol. The third-order valence-corrected chi connectivity index (χ3v) is 3.13. The van der Waals surface area contributed by atoms with Gasteiger partial charge in [0.15, 0.2) is 0 Å². The number of anilines is 2. The van der Waals surface area contributed by atoms with Gasteiger partial charge in [-0.15, -0.1) is 0 Å². The zero-order valence-corrected chi connectivity index (χ0v) is 9.23. The minimum Gasteiger partial charge on any atom is -0.478 e. The third kappa shape index (κ3) is 2.27. The Morgan fingerprint density at radius 2 is 2.31 bits per heavy atom. The van der Waals surface area contributed by atoms with Gasteiger partial charge in [-0.2, -0.15) is 0 Å². The number of aromatic carboxylic acids is 1. The molecule has 1 aliphatic carbocycles. The monoisotopic (exact) mass is 220 g/mol. The van der Waals surface area contributed by atoms with E-state index >= 15 is 0 Å². The molecule has 0 saturated heterocycles. The van der Waals surface area contributed by atoms with Crippen molar-refractivity contribution < 1.29 is 9.90 Å². The van der Waals surface area contributed by atoms with Gasteiger partial charge in [-0.25, -0.2) is 4.79 Å². The molecular weight excluding hydrogens is 204 g/mol. The molecule has 2 rings (SSSR count). The first kappa shape index (κ1) is 10.8. The topological polar surface area (TPSA) is 75.3 Å². The van der Waals surface area contributed by atoms with E-state index in [1.807, 2.05) is 0 Å². The molecule has 16 heavy (non-hydrogen) atoms. The van der Waals surface area contributed by atoms with E-state index in [-0.39, 0.29) is 5.56 Å². The van der Waals surface area contributed by atoms with Crippen molar-refractivity contribution in [1.82, 2.24) is 0 Å². The number of hydrogen-bond donors (Lipinski definition) is 3. The van der Waals surface area contributed by atoms with Crippen molar-refractivity contribution >= 4 is 17.3 Å². The molecular formula is C12H16N2O2. The Morgan fingerprint density at radius 1 is 1.62 bits per heavy atom. The fraction of sp³-hybridized carbons (Fsp3) is 0.417. The molecule has 2 unspecified atom stereocenters. The summed E-state index contributed by atoms with van der Waals surface area (Å²) in [7, 11) is 0. The predicted octanol–water partition coefficient (Wildman–Crippen LogP) is 2.03. The van der Waals surface area contributed by atoms with E-state index in [1.54, 1.807) is 12.1 Å². The lowest BCUT2D eigenvalue weighted by Crippen LogP contribution is -2.08. The first-order chi connectivity index (χ1) is 7.58. The Morgan fingerprint density at radius 3 is 2.88 bits per heavy atom. The van der Waals surface area contributed by atoms with Crippen molar-refractivity contribution in [3.05, 3.63) is 23.8 Å². The highest BCUT2D eigenvalue weighted by Crippen LogP contribution is 2.37. The lowest BCUT2D eigenvalue weighted by Gasteiger charge is -2.09. The summed E-state index contributed by atoms with van der Waals surface area (Å²) in [6, 6.07) is 4.73. The Kier molecular flexibility index (Phi) is 2.73. The van der Waals surface area contributed by atoms with Crippen LogP contribution in [0.15, 0.2) is 18.2 Å². The molecule has 1 aromatic rings. The van der Waals surface area contributed by atoms with Crippen LogP contribution in [0.25, 0.3) is 0 Å². The van der Waals surface area contributed by atoms with Crippen LogP contribution in [0.5, 0.6) is 0 Å². The lowest BCUT2D eigenvalue weighted by atomic mass is 10.1. The molecule has 0 radical (unpaired) electrons. The van der Waals surface area contributed by atoms with E-state index in [2.05, 4.69) is 12.2 Å². The fourth-order valence-corrected chi connectivity index (χ4v) is 1.77. The highest BCUT2D eigenvalue weighted by Gasteiger charge is 2.31. The van der Waals surface area contributed by atoms with Crippen LogP contribution in [-0.4, -0.2) is 17.6 Å². The highest BCUT2D eigenvalue weighted by molar-refractivity contribution is 5.90. The van der Waals surface area contributed by atoms with Crippen LogP contribution in [0.1, 0.15) is 23.7 Å². The standard InChI is InChI=1S/C12H16N2O2/c1-7-4-9(7)6-14-11-5-8(12(15)16)2-3-10(11)13/h2-3,5,7,9,14H,4,6,13H2,1H3,(H,15,16). The molecule has 2 atom stereocenters. The number of benzene rings is 1. The van der Waals surface area contributed by atoms with Crippen LogP contribution < -0.4 is 11.1 Å². The third-order valence-electron chi connectivity index (χ3n) is 3.13. The maximum atomic E-state index is 10.8. The second-order valence-corrected chi connectivity index (χ2v) is 4.46. The molecule has 1 fully saturated rings. The quantitative estimate of drug-likeness (QED) is 0.679. The molecule has 0 aliphatic heterocycles. The van der Waals surface area contributed by atoms with Crippen molar-refractivity contribution in [3.8, 4) is 0 Å². The average Bonchev–Trinajstić information content (AvgIpc) is 2.93. The van der Waals surface area contributed by atoms with Gasteiger partial charge in [0.2, 0.25) is 0 Å². The van der Waals surface area contributed by atoms with Crippen LogP contribution in [-0.2, 0) is 0 Å². The lowest BCUT2D eigenvalue weighted by molar-refractivity contribution is 0.0697. The van der Waals surface area contributed by atoms with Gasteiger partial charge < -0.3 is 16.2 Å². The minimum atomic E-state index is -0.928. The van der Waals surface area contributed by atoms with E-state index in [9.17, 15) is 4.79 Å². The van der Waals surface area contributed by atoms with Gasteiger partial charge in [0, 0.05) is 6.54 Å².